The van der Waals surface area contributed by atoms with Gasteiger partial charge in [0.1, 0.15) is 5.75 Å². The Kier molecular flexibility index (Phi) is 6.81. The van der Waals surface area contributed by atoms with E-state index in [4.69, 9.17) is 4.74 Å². The molecule has 3 heterocycles. The minimum Gasteiger partial charge on any atom is -0.495 e. The number of nitrogens with one attached hydrogen (secondary N) is 1. The number of para-hydroxylation sites is 1. The summed E-state index contributed by atoms with van der Waals surface area (Å²) in [5.41, 5.74) is 5.80. The van der Waals surface area contributed by atoms with Crippen LogP contribution in [-0.4, -0.2) is 50.5 Å². The lowest BCUT2D eigenvalue weighted by molar-refractivity contribution is 0.0942. The molecular weight excluding hydrogens is 490 g/mol. The van der Waals surface area contributed by atoms with E-state index in [1.54, 1.807) is 7.11 Å². The third kappa shape index (κ3) is 4.66. The minimum atomic E-state index is -0.187. The summed E-state index contributed by atoms with van der Waals surface area (Å²) in [4.78, 5) is 15.8. The lowest BCUT2D eigenvalue weighted by Gasteiger charge is -2.27. The molecule has 6 rings (SSSR count). The van der Waals surface area contributed by atoms with Crippen LogP contribution in [0.4, 0.5) is 0 Å². The average Bonchev–Trinajstić information content (AvgIpc) is 3.48. The van der Waals surface area contributed by atoms with E-state index < -0.39 is 0 Å². The summed E-state index contributed by atoms with van der Waals surface area (Å²) in [7, 11) is 3.74. The number of rotatable bonds is 8. The summed E-state index contributed by atoms with van der Waals surface area (Å²) in [6.07, 6.45) is 2.93. The first kappa shape index (κ1) is 25.2. The molecule has 0 saturated heterocycles. The summed E-state index contributed by atoms with van der Waals surface area (Å²) in [5, 5.41) is 20.9. The molecule has 0 aliphatic carbocycles. The molecule has 3 aromatic carbocycles. The Morgan fingerprint density at radius 2 is 1.85 bits per heavy atom. The number of aromatic nitrogens is 3. The predicted octanol–water partition coefficient (Wildman–Crippen LogP) is 4.02. The largest absolute Gasteiger partial charge is 0.495 e. The predicted molar refractivity (Wildman–Crippen MR) is 152 cm³/mol. The normalized spacial score (nSPS) is 13.6. The number of ether oxygens (including phenoxy) is 1. The number of methoxy groups -OCH3 is 1. The second-order valence-electron chi connectivity index (χ2n) is 10.1. The van der Waals surface area contributed by atoms with Crippen LogP contribution in [0.2, 0.25) is 0 Å². The Morgan fingerprint density at radius 3 is 2.69 bits per heavy atom. The first-order chi connectivity index (χ1) is 19.1. The van der Waals surface area contributed by atoms with Gasteiger partial charge in [-0.3, -0.25) is 14.4 Å². The van der Waals surface area contributed by atoms with Gasteiger partial charge in [-0.05, 0) is 28.0 Å². The SMILES string of the molecule is COc1cccc2c(CN3CCc4c(c(C(=O)NCc5cccc6ccccc56)nn4CCO)C3)cn(C)c12. The van der Waals surface area contributed by atoms with E-state index in [2.05, 4.69) is 50.3 Å². The molecule has 0 spiro atoms. The van der Waals surface area contributed by atoms with E-state index in [1.165, 1.54) is 10.9 Å². The van der Waals surface area contributed by atoms with Gasteiger partial charge < -0.3 is 19.7 Å². The molecule has 2 aromatic heterocycles. The molecule has 2 N–H and O–H groups in total. The van der Waals surface area contributed by atoms with Gasteiger partial charge in [-0.25, -0.2) is 0 Å². The summed E-state index contributed by atoms with van der Waals surface area (Å²) in [6.45, 7) is 3.00. The molecule has 8 heteroatoms. The van der Waals surface area contributed by atoms with Crippen molar-refractivity contribution in [3.63, 3.8) is 0 Å². The summed E-state index contributed by atoms with van der Waals surface area (Å²) in [5.74, 6) is 0.672. The Labute approximate surface area is 227 Å². The third-order valence-corrected chi connectivity index (χ3v) is 7.72. The smallest absolute Gasteiger partial charge is 0.272 e. The second kappa shape index (κ2) is 10.6. The highest BCUT2D eigenvalue weighted by Gasteiger charge is 2.28. The molecule has 1 aliphatic heterocycles. The molecule has 0 unspecified atom stereocenters. The Morgan fingerprint density at radius 1 is 1.05 bits per heavy atom. The van der Waals surface area contributed by atoms with Crippen molar-refractivity contribution in [1.29, 1.82) is 0 Å². The van der Waals surface area contributed by atoms with Crippen molar-refractivity contribution in [2.45, 2.75) is 32.6 Å². The quantitative estimate of drug-likeness (QED) is 0.321. The van der Waals surface area contributed by atoms with Crippen molar-refractivity contribution in [3.8, 4) is 5.75 Å². The minimum absolute atomic E-state index is 0.0211. The van der Waals surface area contributed by atoms with Gasteiger partial charge in [-0.2, -0.15) is 5.10 Å². The molecule has 0 fully saturated rings. The monoisotopic (exact) mass is 523 g/mol. The van der Waals surface area contributed by atoms with Gasteiger partial charge in [0.2, 0.25) is 0 Å². The fraction of sp³-hybridized carbons (Fsp3) is 0.290. The number of aryl methyl sites for hydroxylation is 1. The summed E-state index contributed by atoms with van der Waals surface area (Å²) >= 11 is 0. The lowest BCUT2D eigenvalue weighted by atomic mass is 10.0. The third-order valence-electron chi connectivity index (χ3n) is 7.72. The summed E-state index contributed by atoms with van der Waals surface area (Å²) < 4.78 is 9.52. The van der Waals surface area contributed by atoms with Gasteiger partial charge in [-0.15, -0.1) is 0 Å². The van der Waals surface area contributed by atoms with Crippen LogP contribution >= 0.6 is 0 Å². The van der Waals surface area contributed by atoms with E-state index in [-0.39, 0.29) is 12.5 Å². The van der Waals surface area contributed by atoms with Crippen molar-refractivity contribution in [2.24, 2.45) is 7.05 Å². The van der Waals surface area contributed by atoms with Crippen LogP contribution in [0.3, 0.4) is 0 Å². The van der Waals surface area contributed by atoms with E-state index in [9.17, 15) is 9.90 Å². The van der Waals surface area contributed by atoms with Crippen LogP contribution in [-0.2, 0) is 39.6 Å². The first-order valence-corrected chi connectivity index (χ1v) is 13.3. The van der Waals surface area contributed by atoms with Crippen molar-refractivity contribution in [3.05, 3.63) is 94.9 Å². The van der Waals surface area contributed by atoms with Crippen molar-refractivity contribution in [1.82, 2.24) is 24.6 Å². The molecule has 0 radical (unpaired) electrons. The van der Waals surface area contributed by atoms with Crippen LogP contribution in [0.5, 0.6) is 5.75 Å². The number of fused-ring (bicyclic) bond motifs is 3. The molecule has 0 saturated carbocycles. The van der Waals surface area contributed by atoms with E-state index in [0.717, 1.165) is 58.4 Å². The highest BCUT2D eigenvalue weighted by atomic mass is 16.5. The number of hydrogen-bond donors (Lipinski definition) is 2. The highest BCUT2D eigenvalue weighted by Crippen LogP contribution is 2.31. The molecule has 0 bridgehead atoms. The second-order valence-corrected chi connectivity index (χ2v) is 10.1. The van der Waals surface area contributed by atoms with Crippen molar-refractivity contribution >= 4 is 27.6 Å². The Balaban J connectivity index is 1.25. The molecule has 5 aromatic rings. The van der Waals surface area contributed by atoms with Gasteiger partial charge in [0.15, 0.2) is 5.69 Å². The molecule has 1 aliphatic rings. The fourth-order valence-electron chi connectivity index (χ4n) is 5.89. The molecule has 0 atom stereocenters. The zero-order valence-electron chi connectivity index (χ0n) is 22.4. The number of hydrogen-bond acceptors (Lipinski definition) is 5. The Bertz CT molecular complexity index is 1660. The van der Waals surface area contributed by atoms with Gasteiger partial charge >= 0.3 is 0 Å². The van der Waals surface area contributed by atoms with Crippen LogP contribution in [0.15, 0.2) is 66.9 Å². The number of amides is 1. The molecule has 1 amide bonds. The maximum atomic E-state index is 13.5. The zero-order valence-corrected chi connectivity index (χ0v) is 22.4. The summed E-state index contributed by atoms with van der Waals surface area (Å²) in [6, 6.07) is 20.5. The molecular formula is C31H33N5O3. The standard InChI is InChI=1S/C31H33N5O3/c1-34-18-23(25-11-6-12-28(39-2)30(25)34)19-35-14-13-27-26(20-35)29(33-36(27)15-16-37)31(38)32-17-22-9-5-8-21-7-3-4-10-24(21)22/h3-12,18,37H,13-17,19-20H2,1-2H3,(H,32,38). The van der Waals surface area contributed by atoms with Crippen LogP contribution in [0.25, 0.3) is 21.7 Å². The maximum absolute atomic E-state index is 13.5. The van der Waals surface area contributed by atoms with Crippen molar-refractivity contribution < 1.29 is 14.6 Å². The van der Waals surface area contributed by atoms with Gasteiger partial charge in [-0.1, -0.05) is 54.6 Å². The highest BCUT2D eigenvalue weighted by molar-refractivity contribution is 5.94. The van der Waals surface area contributed by atoms with E-state index in [1.807, 2.05) is 48.1 Å². The van der Waals surface area contributed by atoms with Gasteiger partial charge in [0.25, 0.3) is 5.91 Å². The zero-order chi connectivity index (χ0) is 26.9. The lowest BCUT2D eigenvalue weighted by Crippen LogP contribution is -2.32. The number of carbonyl (C=O) groups excluding carboxylic acids is 1. The Hall–Kier alpha value is -4.14. The van der Waals surface area contributed by atoms with E-state index >= 15 is 0 Å². The number of benzene rings is 3. The number of carbonyl (C=O) groups is 1. The topological polar surface area (TPSA) is 84.6 Å². The molecule has 39 heavy (non-hydrogen) atoms. The first-order valence-electron chi connectivity index (χ1n) is 13.3. The van der Waals surface area contributed by atoms with Crippen LogP contribution in [0, 0.1) is 0 Å². The van der Waals surface area contributed by atoms with Gasteiger partial charge in [0.05, 0.1) is 25.8 Å². The maximum Gasteiger partial charge on any atom is 0.272 e. The van der Waals surface area contributed by atoms with Gasteiger partial charge in [0, 0.05) is 62.5 Å². The number of aliphatic hydroxyl groups excluding tert-OH is 1. The average molecular weight is 524 g/mol. The van der Waals surface area contributed by atoms with Crippen LogP contribution < -0.4 is 10.1 Å². The molecule has 200 valence electrons. The molecule has 8 nitrogen and oxygen atoms in total. The fourth-order valence-corrected chi connectivity index (χ4v) is 5.89. The van der Waals surface area contributed by atoms with Crippen LogP contribution in [0.1, 0.15) is 32.9 Å². The van der Waals surface area contributed by atoms with E-state index in [0.29, 0.717) is 25.3 Å². The number of nitrogens with zero attached hydrogens (tertiary/aromatic N) is 4. The number of aliphatic hydroxyl groups is 1. The van der Waals surface area contributed by atoms with Crippen molar-refractivity contribution in [2.75, 3.05) is 20.3 Å².